The number of aromatic nitrogens is 3. The van der Waals surface area contributed by atoms with Gasteiger partial charge in [-0.3, -0.25) is 4.79 Å². The molecule has 6 nitrogen and oxygen atoms in total. The van der Waals surface area contributed by atoms with E-state index in [9.17, 15) is 9.18 Å². The number of carbonyl (C=O) groups excluding carboxylic acids is 1. The Balaban J connectivity index is 0.00000243. The smallest absolute Gasteiger partial charge is 0.291 e. The van der Waals surface area contributed by atoms with Crippen molar-refractivity contribution in [3.05, 3.63) is 41.7 Å². The standard InChI is InChI=1S/C18H24FN5O.ClH/c1-11(2)17-22-16(18(25)21-13-8-9-20-12(3)10-13)23-24(17)15-7-5-4-6-14(15)19;/h4-7,11-13,20H,8-10H2,1-3H3,(H,21,25);1H. The Bertz CT molecular complexity index is 764. The van der Waals surface area contributed by atoms with Crippen LogP contribution in [-0.4, -0.2) is 39.3 Å². The van der Waals surface area contributed by atoms with Gasteiger partial charge in [-0.05, 0) is 38.4 Å². The van der Waals surface area contributed by atoms with Gasteiger partial charge in [0.2, 0.25) is 5.82 Å². The predicted molar refractivity (Wildman–Crippen MR) is 101 cm³/mol. The van der Waals surface area contributed by atoms with Gasteiger partial charge in [0.15, 0.2) is 0 Å². The van der Waals surface area contributed by atoms with Gasteiger partial charge in [-0.15, -0.1) is 17.5 Å². The molecule has 2 unspecified atom stereocenters. The van der Waals surface area contributed by atoms with Crippen LogP contribution in [0.5, 0.6) is 0 Å². The fourth-order valence-corrected chi connectivity index (χ4v) is 3.11. The summed E-state index contributed by atoms with van der Waals surface area (Å²) in [5.41, 5.74) is 0.299. The highest BCUT2D eigenvalue weighted by molar-refractivity contribution is 5.90. The molecule has 0 radical (unpaired) electrons. The molecule has 1 aliphatic rings. The number of piperidine rings is 1. The van der Waals surface area contributed by atoms with Crippen molar-refractivity contribution in [2.45, 2.75) is 51.6 Å². The first-order valence-corrected chi connectivity index (χ1v) is 8.71. The quantitative estimate of drug-likeness (QED) is 0.854. The molecule has 0 bridgehead atoms. The largest absolute Gasteiger partial charge is 0.346 e. The van der Waals surface area contributed by atoms with Crippen LogP contribution in [0.1, 0.15) is 56.0 Å². The van der Waals surface area contributed by atoms with E-state index >= 15 is 0 Å². The fourth-order valence-electron chi connectivity index (χ4n) is 3.11. The molecule has 1 fully saturated rings. The molecule has 2 aromatic rings. The molecule has 142 valence electrons. The first-order chi connectivity index (χ1) is 12.0. The summed E-state index contributed by atoms with van der Waals surface area (Å²) in [7, 11) is 0. The van der Waals surface area contributed by atoms with Gasteiger partial charge in [0.05, 0.1) is 0 Å². The number of benzene rings is 1. The van der Waals surface area contributed by atoms with Gasteiger partial charge >= 0.3 is 0 Å². The molecular formula is C18H25ClFN5O. The maximum Gasteiger partial charge on any atom is 0.291 e. The van der Waals surface area contributed by atoms with Gasteiger partial charge in [0.1, 0.15) is 17.3 Å². The van der Waals surface area contributed by atoms with E-state index in [1.54, 1.807) is 18.2 Å². The summed E-state index contributed by atoms with van der Waals surface area (Å²) in [4.78, 5) is 16.9. The Hall–Kier alpha value is -1.99. The molecule has 1 aliphatic heterocycles. The summed E-state index contributed by atoms with van der Waals surface area (Å²) in [6.45, 7) is 6.86. The normalized spacial score (nSPS) is 19.9. The Morgan fingerprint density at radius 1 is 1.38 bits per heavy atom. The first-order valence-electron chi connectivity index (χ1n) is 8.71. The number of halogens is 2. The first kappa shape index (κ1) is 20.3. The molecule has 1 aromatic carbocycles. The number of hydrogen-bond donors (Lipinski definition) is 2. The number of hydrogen-bond acceptors (Lipinski definition) is 4. The van der Waals surface area contributed by atoms with Crippen LogP contribution in [0.15, 0.2) is 24.3 Å². The van der Waals surface area contributed by atoms with E-state index in [1.165, 1.54) is 10.7 Å². The third-order valence-electron chi connectivity index (χ3n) is 4.39. The zero-order chi connectivity index (χ0) is 18.0. The lowest BCUT2D eigenvalue weighted by molar-refractivity contribution is 0.0915. The number of rotatable bonds is 4. The molecule has 26 heavy (non-hydrogen) atoms. The van der Waals surface area contributed by atoms with E-state index in [2.05, 4.69) is 27.6 Å². The lowest BCUT2D eigenvalue weighted by Crippen LogP contribution is -2.46. The zero-order valence-electron chi connectivity index (χ0n) is 15.2. The van der Waals surface area contributed by atoms with Crippen LogP contribution in [0.25, 0.3) is 5.69 Å². The Labute approximate surface area is 159 Å². The minimum atomic E-state index is -0.395. The second-order valence-corrected chi connectivity index (χ2v) is 6.86. The number of nitrogens with zero attached hydrogens (tertiary/aromatic N) is 3. The topological polar surface area (TPSA) is 71.8 Å². The highest BCUT2D eigenvalue weighted by atomic mass is 35.5. The van der Waals surface area contributed by atoms with Crippen molar-refractivity contribution < 1.29 is 9.18 Å². The van der Waals surface area contributed by atoms with E-state index in [4.69, 9.17) is 0 Å². The van der Waals surface area contributed by atoms with Crippen LogP contribution in [0.4, 0.5) is 4.39 Å². The SMILES string of the molecule is CC1CC(NC(=O)c2nc(C(C)C)n(-c3ccccc3F)n2)CCN1.Cl. The molecule has 1 amide bonds. The molecule has 3 rings (SSSR count). The monoisotopic (exact) mass is 381 g/mol. The summed E-state index contributed by atoms with van der Waals surface area (Å²) in [5.74, 6) is -0.0517. The molecule has 0 spiro atoms. The summed E-state index contributed by atoms with van der Waals surface area (Å²) >= 11 is 0. The second-order valence-electron chi connectivity index (χ2n) is 6.86. The molecular weight excluding hydrogens is 357 g/mol. The van der Waals surface area contributed by atoms with Crippen LogP contribution in [0, 0.1) is 5.82 Å². The van der Waals surface area contributed by atoms with Crippen molar-refractivity contribution >= 4 is 18.3 Å². The fraction of sp³-hybridized carbons (Fsp3) is 0.500. The molecule has 2 N–H and O–H groups in total. The van der Waals surface area contributed by atoms with Crippen molar-refractivity contribution in [3.8, 4) is 5.69 Å². The van der Waals surface area contributed by atoms with Crippen LogP contribution in [0.3, 0.4) is 0 Å². The third kappa shape index (κ3) is 4.40. The van der Waals surface area contributed by atoms with Gasteiger partial charge in [-0.2, -0.15) is 0 Å². The van der Waals surface area contributed by atoms with E-state index in [0.29, 0.717) is 17.6 Å². The molecule has 1 saturated heterocycles. The van der Waals surface area contributed by atoms with E-state index in [1.807, 2.05) is 13.8 Å². The molecule has 2 atom stereocenters. The van der Waals surface area contributed by atoms with E-state index < -0.39 is 5.82 Å². The molecule has 0 saturated carbocycles. The van der Waals surface area contributed by atoms with Gasteiger partial charge < -0.3 is 10.6 Å². The van der Waals surface area contributed by atoms with Crippen molar-refractivity contribution in [1.82, 2.24) is 25.4 Å². The Kier molecular flexibility index (Phi) is 6.72. The van der Waals surface area contributed by atoms with Crippen molar-refractivity contribution in [1.29, 1.82) is 0 Å². The number of nitrogens with one attached hydrogen (secondary N) is 2. The predicted octanol–water partition coefficient (Wildman–Crippen LogP) is 2.82. The van der Waals surface area contributed by atoms with Crippen molar-refractivity contribution in [2.75, 3.05) is 6.54 Å². The average Bonchev–Trinajstić information content (AvgIpc) is 3.01. The molecule has 0 aliphatic carbocycles. The Morgan fingerprint density at radius 3 is 2.77 bits per heavy atom. The summed E-state index contributed by atoms with van der Waals surface area (Å²) in [6.07, 6.45) is 1.75. The minimum absolute atomic E-state index is 0. The third-order valence-corrected chi connectivity index (χ3v) is 4.39. The number of carbonyl (C=O) groups is 1. The van der Waals surface area contributed by atoms with Crippen LogP contribution >= 0.6 is 12.4 Å². The maximum atomic E-state index is 14.1. The van der Waals surface area contributed by atoms with E-state index in [0.717, 1.165) is 19.4 Å². The average molecular weight is 382 g/mol. The highest BCUT2D eigenvalue weighted by Crippen LogP contribution is 2.20. The molecule has 8 heteroatoms. The van der Waals surface area contributed by atoms with Crippen LogP contribution < -0.4 is 10.6 Å². The van der Waals surface area contributed by atoms with E-state index in [-0.39, 0.29) is 36.1 Å². The minimum Gasteiger partial charge on any atom is -0.346 e. The maximum absolute atomic E-state index is 14.1. The van der Waals surface area contributed by atoms with Gasteiger partial charge in [-0.1, -0.05) is 26.0 Å². The van der Waals surface area contributed by atoms with Crippen molar-refractivity contribution in [2.24, 2.45) is 0 Å². The summed E-state index contributed by atoms with van der Waals surface area (Å²) in [5, 5.41) is 10.6. The number of amides is 1. The van der Waals surface area contributed by atoms with Gasteiger partial charge in [-0.25, -0.2) is 14.1 Å². The van der Waals surface area contributed by atoms with Gasteiger partial charge in [0.25, 0.3) is 5.91 Å². The van der Waals surface area contributed by atoms with Crippen LogP contribution in [-0.2, 0) is 0 Å². The highest BCUT2D eigenvalue weighted by Gasteiger charge is 2.25. The summed E-state index contributed by atoms with van der Waals surface area (Å²) in [6, 6.07) is 6.83. The zero-order valence-corrected chi connectivity index (χ0v) is 16.0. The molecule has 2 heterocycles. The lowest BCUT2D eigenvalue weighted by atomic mass is 10.0. The molecule has 1 aromatic heterocycles. The summed E-state index contributed by atoms with van der Waals surface area (Å²) < 4.78 is 15.6. The number of para-hydroxylation sites is 1. The Morgan fingerprint density at radius 2 is 2.12 bits per heavy atom. The van der Waals surface area contributed by atoms with Gasteiger partial charge in [0, 0.05) is 18.0 Å². The van der Waals surface area contributed by atoms with Crippen molar-refractivity contribution in [3.63, 3.8) is 0 Å². The second kappa shape index (κ2) is 8.60. The van der Waals surface area contributed by atoms with Crippen LogP contribution in [0.2, 0.25) is 0 Å². The lowest BCUT2D eigenvalue weighted by Gasteiger charge is -2.28.